The molecule has 0 aromatic heterocycles. The number of rotatable bonds is 12. The Labute approximate surface area is 137 Å². The topological polar surface area (TPSA) is 48.9 Å². The second kappa shape index (κ2) is 13.8. The maximum atomic E-state index is 5.34. The van der Waals surface area contributed by atoms with Crippen molar-refractivity contribution in [1.82, 2.24) is 15.5 Å². The van der Waals surface area contributed by atoms with Crippen LogP contribution in [0.4, 0.5) is 0 Å². The molecular formula is C17H38N4O. The zero-order valence-corrected chi connectivity index (χ0v) is 15.6. The number of hydrogen-bond donors (Lipinski definition) is 2. The van der Waals surface area contributed by atoms with Crippen LogP contribution in [0.3, 0.4) is 0 Å². The molecule has 0 rings (SSSR count). The van der Waals surface area contributed by atoms with Gasteiger partial charge in [0.2, 0.25) is 0 Å². The molecule has 0 amide bonds. The lowest BCUT2D eigenvalue weighted by molar-refractivity contribution is 0.143. The van der Waals surface area contributed by atoms with Crippen LogP contribution in [0.1, 0.15) is 46.5 Å². The zero-order valence-electron chi connectivity index (χ0n) is 15.6. The molecule has 0 aliphatic carbocycles. The van der Waals surface area contributed by atoms with Crippen LogP contribution in [-0.2, 0) is 4.74 Å². The van der Waals surface area contributed by atoms with Gasteiger partial charge in [-0.2, -0.15) is 0 Å². The van der Waals surface area contributed by atoms with Crippen LogP contribution in [0.5, 0.6) is 0 Å². The van der Waals surface area contributed by atoms with E-state index in [1.807, 2.05) is 14.0 Å². The van der Waals surface area contributed by atoms with E-state index in [1.165, 1.54) is 12.8 Å². The SMILES string of the molecule is CCOCCCCNC(=NC)NCC(C(CC)CC)N(C)C. The highest BCUT2D eigenvalue weighted by atomic mass is 16.5. The number of hydrogen-bond acceptors (Lipinski definition) is 3. The van der Waals surface area contributed by atoms with Crippen LogP contribution >= 0.6 is 0 Å². The highest BCUT2D eigenvalue weighted by molar-refractivity contribution is 5.79. The Bertz CT molecular complexity index is 278. The molecule has 0 saturated carbocycles. The summed E-state index contributed by atoms with van der Waals surface area (Å²) in [4.78, 5) is 6.63. The summed E-state index contributed by atoms with van der Waals surface area (Å²) in [5, 5.41) is 6.85. The minimum absolute atomic E-state index is 0.534. The Morgan fingerprint density at radius 1 is 1.09 bits per heavy atom. The molecule has 0 aromatic carbocycles. The number of ether oxygens (including phenoxy) is 1. The van der Waals surface area contributed by atoms with Gasteiger partial charge >= 0.3 is 0 Å². The highest BCUT2D eigenvalue weighted by Crippen LogP contribution is 2.16. The van der Waals surface area contributed by atoms with Crippen LogP contribution in [0.2, 0.25) is 0 Å². The molecule has 0 radical (unpaired) electrons. The van der Waals surface area contributed by atoms with Gasteiger partial charge in [-0.25, -0.2) is 0 Å². The molecule has 1 unspecified atom stereocenters. The summed E-state index contributed by atoms with van der Waals surface area (Å²) in [5.74, 6) is 1.61. The minimum atomic E-state index is 0.534. The van der Waals surface area contributed by atoms with Gasteiger partial charge in [0.05, 0.1) is 0 Å². The largest absolute Gasteiger partial charge is 0.382 e. The molecule has 5 nitrogen and oxygen atoms in total. The molecule has 0 aliphatic heterocycles. The van der Waals surface area contributed by atoms with Gasteiger partial charge in [-0.05, 0) is 39.8 Å². The van der Waals surface area contributed by atoms with Crippen molar-refractivity contribution in [3.05, 3.63) is 0 Å². The van der Waals surface area contributed by atoms with Crippen LogP contribution in [0.25, 0.3) is 0 Å². The van der Waals surface area contributed by atoms with Gasteiger partial charge in [-0.3, -0.25) is 4.99 Å². The molecular weight excluding hydrogens is 276 g/mol. The molecule has 0 fully saturated rings. The molecule has 5 heteroatoms. The number of nitrogens with zero attached hydrogens (tertiary/aromatic N) is 2. The van der Waals surface area contributed by atoms with E-state index >= 15 is 0 Å². The second-order valence-corrected chi connectivity index (χ2v) is 5.89. The predicted octanol–water partition coefficient (Wildman–Crippen LogP) is 2.33. The zero-order chi connectivity index (χ0) is 16.8. The van der Waals surface area contributed by atoms with E-state index < -0.39 is 0 Å². The summed E-state index contributed by atoms with van der Waals surface area (Å²) in [6, 6.07) is 0.534. The van der Waals surface area contributed by atoms with Crippen molar-refractivity contribution in [3.8, 4) is 0 Å². The summed E-state index contributed by atoms with van der Waals surface area (Å²) in [7, 11) is 6.15. The van der Waals surface area contributed by atoms with Crippen molar-refractivity contribution in [2.45, 2.75) is 52.5 Å². The monoisotopic (exact) mass is 314 g/mol. The maximum Gasteiger partial charge on any atom is 0.191 e. The van der Waals surface area contributed by atoms with Crippen molar-refractivity contribution in [2.24, 2.45) is 10.9 Å². The molecule has 0 bridgehead atoms. The fourth-order valence-electron chi connectivity index (χ4n) is 2.71. The molecule has 22 heavy (non-hydrogen) atoms. The van der Waals surface area contributed by atoms with E-state index in [-0.39, 0.29) is 0 Å². The van der Waals surface area contributed by atoms with Gasteiger partial charge in [0.25, 0.3) is 0 Å². The van der Waals surface area contributed by atoms with Crippen LogP contribution in [0, 0.1) is 5.92 Å². The van der Waals surface area contributed by atoms with Gasteiger partial charge in [-0.1, -0.05) is 26.7 Å². The van der Waals surface area contributed by atoms with E-state index in [1.54, 1.807) is 0 Å². The number of likely N-dealkylation sites (N-methyl/N-ethyl adjacent to an activating group) is 1. The van der Waals surface area contributed by atoms with E-state index in [9.17, 15) is 0 Å². The standard InChI is InChI=1S/C17H38N4O/c1-7-15(8-2)16(21(5)6)14-20-17(18-4)19-12-10-11-13-22-9-3/h15-16H,7-14H2,1-6H3,(H2,18,19,20). The lowest BCUT2D eigenvalue weighted by atomic mass is 9.93. The number of aliphatic imine (C=N–C) groups is 1. The number of unbranched alkanes of at least 4 members (excludes halogenated alkanes) is 1. The smallest absolute Gasteiger partial charge is 0.191 e. The van der Waals surface area contributed by atoms with Gasteiger partial charge in [0.1, 0.15) is 0 Å². The van der Waals surface area contributed by atoms with Crippen molar-refractivity contribution >= 4 is 5.96 Å². The molecule has 2 N–H and O–H groups in total. The van der Waals surface area contributed by atoms with Crippen molar-refractivity contribution in [3.63, 3.8) is 0 Å². The van der Waals surface area contributed by atoms with Crippen LogP contribution in [0.15, 0.2) is 4.99 Å². The maximum absolute atomic E-state index is 5.34. The molecule has 1 atom stereocenters. The molecule has 0 aromatic rings. The second-order valence-electron chi connectivity index (χ2n) is 5.89. The highest BCUT2D eigenvalue weighted by Gasteiger charge is 2.20. The summed E-state index contributed by atoms with van der Waals surface area (Å²) in [6.45, 7) is 10.1. The fraction of sp³-hybridized carbons (Fsp3) is 0.941. The summed E-state index contributed by atoms with van der Waals surface area (Å²) in [5.41, 5.74) is 0. The van der Waals surface area contributed by atoms with Gasteiger partial charge in [0.15, 0.2) is 5.96 Å². The Balaban J connectivity index is 4.10. The van der Waals surface area contributed by atoms with Gasteiger partial charge in [-0.15, -0.1) is 0 Å². The number of nitrogens with one attached hydrogen (secondary N) is 2. The Morgan fingerprint density at radius 3 is 2.27 bits per heavy atom. The minimum Gasteiger partial charge on any atom is -0.382 e. The molecule has 0 heterocycles. The van der Waals surface area contributed by atoms with E-state index in [0.717, 1.165) is 45.1 Å². The molecule has 0 spiro atoms. The Kier molecular flexibility index (Phi) is 13.3. The van der Waals surface area contributed by atoms with E-state index in [2.05, 4.69) is 48.5 Å². The summed E-state index contributed by atoms with van der Waals surface area (Å²) in [6.07, 6.45) is 4.62. The molecule has 0 aliphatic rings. The van der Waals surface area contributed by atoms with Crippen molar-refractivity contribution < 1.29 is 4.74 Å². The first-order valence-electron chi connectivity index (χ1n) is 8.79. The fourth-order valence-corrected chi connectivity index (χ4v) is 2.71. The quantitative estimate of drug-likeness (QED) is 0.330. The lowest BCUT2D eigenvalue weighted by Gasteiger charge is -2.32. The average molecular weight is 315 g/mol. The lowest BCUT2D eigenvalue weighted by Crippen LogP contribution is -2.48. The van der Waals surface area contributed by atoms with Gasteiger partial charge in [0, 0.05) is 39.4 Å². The Hall–Kier alpha value is -0.810. The van der Waals surface area contributed by atoms with Crippen LogP contribution < -0.4 is 10.6 Å². The predicted molar refractivity (Wildman–Crippen MR) is 96.6 cm³/mol. The van der Waals surface area contributed by atoms with Crippen molar-refractivity contribution in [1.29, 1.82) is 0 Å². The third kappa shape index (κ3) is 9.26. The third-order valence-electron chi connectivity index (χ3n) is 4.17. The third-order valence-corrected chi connectivity index (χ3v) is 4.17. The number of guanidine groups is 1. The first-order valence-corrected chi connectivity index (χ1v) is 8.79. The molecule has 0 saturated heterocycles. The van der Waals surface area contributed by atoms with Crippen molar-refractivity contribution in [2.75, 3.05) is 47.4 Å². The first-order chi connectivity index (χ1) is 10.6. The average Bonchev–Trinajstić information content (AvgIpc) is 2.52. The first kappa shape index (κ1) is 21.2. The van der Waals surface area contributed by atoms with E-state index in [4.69, 9.17) is 4.74 Å². The van der Waals surface area contributed by atoms with E-state index in [0.29, 0.717) is 12.0 Å². The molecule has 132 valence electrons. The summed E-state index contributed by atoms with van der Waals surface area (Å²) < 4.78 is 5.34. The normalized spacial score (nSPS) is 13.7. The summed E-state index contributed by atoms with van der Waals surface area (Å²) >= 11 is 0. The Morgan fingerprint density at radius 2 is 1.77 bits per heavy atom. The van der Waals surface area contributed by atoms with Gasteiger partial charge < -0.3 is 20.3 Å². The van der Waals surface area contributed by atoms with Crippen LogP contribution in [-0.4, -0.2) is 64.3 Å².